The number of carbonyl (C=O) groups is 1. The quantitative estimate of drug-likeness (QED) is 0.883. The van der Waals surface area contributed by atoms with E-state index in [-0.39, 0.29) is 18.2 Å². The Morgan fingerprint density at radius 2 is 2.09 bits per heavy atom. The summed E-state index contributed by atoms with van der Waals surface area (Å²) in [7, 11) is 0. The normalized spacial score (nSPS) is 14.3. The SMILES string of the molecule is O=C(O)c1cccnc1OC(Cc1ccccc1)C1=COCO1. The van der Waals surface area contributed by atoms with Gasteiger partial charge in [0.1, 0.15) is 11.8 Å². The fraction of sp³-hybridized carbons (Fsp3) is 0.176. The number of pyridine rings is 1. The van der Waals surface area contributed by atoms with Crippen LogP contribution in [-0.2, 0) is 15.9 Å². The van der Waals surface area contributed by atoms with Gasteiger partial charge in [0.25, 0.3) is 0 Å². The number of hydrogen-bond donors (Lipinski definition) is 1. The van der Waals surface area contributed by atoms with Crippen LogP contribution in [0.15, 0.2) is 60.7 Å². The molecule has 0 saturated carbocycles. The second-order valence-corrected chi connectivity index (χ2v) is 4.91. The van der Waals surface area contributed by atoms with Gasteiger partial charge in [-0.15, -0.1) is 0 Å². The highest BCUT2D eigenvalue weighted by Crippen LogP contribution is 2.23. The zero-order valence-electron chi connectivity index (χ0n) is 12.2. The van der Waals surface area contributed by atoms with Crippen molar-refractivity contribution in [2.75, 3.05) is 6.79 Å². The summed E-state index contributed by atoms with van der Waals surface area (Å²) >= 11 is 0. The number of carboxylic acids is 1. The van der Waals surface area contributed by atoms with Crippen molar-refractivity contribution >= 4 is 5.97 Å². The Morgan fingerprint density at radius 3 is 2.78 bits per heavy atom. The number of aromatic carboxylic acids is 1. The Morgan fingerprint density at radius 1 is 1.26 bits per heavy atom. The van der Waals surface area contributed by atoms with E-state index in [0.717, 1.165) is 5.56 Å². The molecular formula is C17H15NO5. The van der Waals surface area contributed by atoms with Gasteiger partial charge in [-0.2, -0.15) is 0 Å². The molecule has 0 amide bonds. The molecule has 1 aliphatic heterocycles. The van der Waals surface area contributed by atoms with Crippen molar-refractivity contribution in [1.82, 2.24) is 4.98 Å². The second kappa shape index (κ2) is 6.83. The Kier molecular flexibility index (Phi) is 4.42. The van der Waals surface area contributed by atoms with E-state index in [2.05, 4.69) is 4.98 Å². The monoisotopic (exact) mass is 313 g/mol. The van der Waals surface area contributed by atoms with Gasteiger partial charge >= 0.3 is 5.97 Å². The Bertz CT molecular complexity index is 714. The average molecular weight is 313 g/mol. The number of carboxylic acid groups (broad SMARTS) is 1. The summed E-state index contributed by atoms with van der Waals surface area (Å²) in [6.45, 7) is 0.123. The minimum Gasteiger partial charge on any atom is -0.477 e. The third kappa shape index (κ3) is 3.60. The van der Waals surface area contributed by atoms with Crippen molar-refractivity contribution < 1.29 is 24.1 Å². The summed E-state index contributed by atoms with van der Waals surface area (Å²) in [6.07, 6.45) is 2.96. The maximum Gasteiger partial charge on any atom is 0.341 e. The number of aromatic nitrogens is 1. The van der Waals surface area contributed by atoms with Gasteiger partial charge in [0.2, 0.25) is 12.7 Å². The maximum atomic E-state index is 11.3. The van der Waals surface area contributed by atoms with Crippen molar-refractivity contribution in [3.8, 4) is 5.88 Å². The molecular weight excluding hydrogens is 298 g/mol. The lowest BCUT2D eigenvalue weighted by molar-refractivity contribution is 0.0534. The Balaban J connectivity index is 1.86. The lowest BCUT2D eigenvalue weighted by atomic mass is 10.1. The summed E-state index contributed by atoms with van der Waals surface area (Å²) in [5.74, 6) is -0.530. The first kappa shape index (κ1) is 14.9. The molecule has 1 unspecified atom stereocenters. The van der Waals surface area contributed by atoms with Crippen LogP contribution >= 0.6 is 0 Å². The summed E-state index contributed by atoms with van der Waals surface area (Å²) in [5.41, 5.74) is 1.03. The van der Waals surface area contributed by atoms with Gasteiger partial charge in [0.05, 0.1) is 0 Å². The van der Waals surface area contributed by atoms with Gasteiger partial charge < -0.3 is 19.3 Å². The van der Waals surface area contributed by atoms with Crippen LogP contribution in [0, 0.1) is 0 Å². The molecule has 0 saturated heterocycles. The number of rotatable bonds is 6. The van der Waals surface area contributed by atoms with Crippen molar-refractivity contribution in [3.63, 3.8) is 0 Å². The van der Waals surface area contributed by atoms with E-state index in [4.69, 9.17) is 14.2 Å². The number of nitrogens with zero attached hydrogens (tertiary/aromatic N) is 1. The molecule has 6 heteroatoms. The van der Waals surface area contributed by atoms with E-state index < -0.39 is 12.1 Å². The molecule has 0 spiro atoms. The van der Waals surface area contributed by atoms with Gasteiger partial charge in [-0.05, 0) is 17.7 Å². The van der Waals surface area contributed by atoms with Gasteiger partial charge in [-0.25, -0.2) is 9.78 Å². The molecule has 0 fully saturated rings. The van der Waals surface area contributed by atoms with Crippen LogP contribution in [0.2, 0.25) is 0 Å². The van der Waals surface area contributed by atoms with Crippen LogP contribution in [0.1, 0.15) is 15.9 Å². The lowest BCUT2D eigenvalue weighted by Gasteiger charge is -2.19. The molecule has 1 atom stereocenters. The van der Waals surface area contributed by atoms with Crippen LogP contribution in [0.5, 0.6) is 5.88 Å². The fourth-order valence-corrected chi connectivity index (χ4v) is 2.23. The average Bonchev–Trinajstić information content (AvgIpc) is 3.10. The molecule has 0 aliphatic carbocycles. The smallest absolute Gasteiger partial charge is 0.341 e. The van der Waals surface area contributed by atoms with Crippen LogP contribution in [0.3, 0.4) is 0 Å². The van der Waals surface area contributed by atoms with E-state index in [0.29, 0.717) is 12.2 Å². The fourth-order valence-electron chi connectivity index (χ4n) is 2.23. The molecule has 1 N–H and O–H groups in total. The molecule has 2 heterocycles. The molecule has 1 aromatic carbocycles. The second-order valence-electron chi connectivity index (χ2n) is 4.91. The van der Waals surface area contributed by atoms with Crippen molar-refractivity contribution in [1.29, 1.82) is 0 Å². The Hall–Kier alpha value is -3.02. The van der Waals surface area contributed by atoms with E-state index >= 15 is 0 Å². The lowest BCUT2D eigenvalue weighted by Crippen LogP contribution is -2.24. The highest BCUT2D eigenvalue weighted by atomic mass is 16.7. The van der Waals surface area contributed by atoms with Crippen LogP contribution in [-0.4, -0.2) is 29.0 Å². The minimum absolute atomic E-state index is 0.00470. The maximum absolute atomic E-state index is 11.3. The first-order chi connectivity index (χ1) is 11.2. The standard InChI is InChI=1S/C17H15NO5/c19-17(20)13-7-4-8-18-16(13)23-14(15-10-21-11-22-15)9-12-5-2-1-3-6-12/h1-8,10,14H,9,11H2,(H,19,20). The molecule has 23 heavy (non-hydrogen) atoms. The zero-order chi connectivity index (χ0) is 16.1. The highest BCUT2D eigenvalue weighted by molar-refractivity contribution is 5.90. The molecule has 1 aliphatic rings. The van der Waals surface area contributed by atoms with Gasteiger partial charge in [0.15, 0.2) is 11.9 Å². The number of benzene rings is 1. The minimum atomic E-state index is -1.09. The van der Waals surface area contributed by atoms with E-state index in [1.807, 2.05) is 30.3 Å². The third-order valence-electron chi connectivity index (χ3n) is 3.33. The molecule has 0 radical (unpaired) electrons. The van der Waals surface area contributed by atoms with Crippen LogP contribution in [0.4, 0.5) is 0 Å². The van der Waals surface area contributed by atoms with E-state index in [1.54, 1.807) is 6.07 Å². The van der Waals surface area contributed by atoms with E-state index in [9.17, 15) is 9.90 Å². The zero-order valence-corrected chi connectivity index (χ0v) is 12.2. The topological polar surface area (TPSA) is 77.9 Å². The van der Waals surface area contributed by atoms with Crippen LogP contribution in [0.25, 0.3) is 0 Å². The van der Waals surface area contributed by atoms with Gasteiger partial charge in [-0.1, -0.05) is 30.3 Å². The number of hydrogen-bond acceptors (Lipinski definition) is 5. The largest absolute Gasteiger partial charge is 0.477 e. The summed E-state index contributed by atoms with van der Waals surface area (Å²) in [5, 5.41) is 9.24. The van der Waals surface area contributed by atoms with E-state index in [1.165, 1.54) is 18.5 Å². The third-order valence-corrected chi connectivity index (χ3v) is 3.33. The first-order valence-electron chi connectivity index (χ1n) is 7.07. The predicted molar refractivity (Wildman–Crippen MR) is 80.9 cm³/mol. The van der Waals surface area contributed by atoms with Gasteiger partial charge in [0, 0.05) is 12.6 Å². The van der Waals surface area contributed by atoms with Crippen molar-refractivity contribution in [3.05, 3.63) is 71.8 Å². The summed E-state index contributed by atoms with van der Waals surface area (Å²) < 4.78 is 16.3. The molecule has 3 rings (SSSR count). The van der Waals surface area contributed by atoms with Crippen LogP contribution < -0.4 is 4.74 Å². The van der Waals surface area contributed by atoms with Crippen molar-refractivity contribution in [2.45, 2.75) is 12.5 Å². The predicted octanol–water partition coefficient (Wildman–Crippen LogP) is 2.62. The highest BCUT2D eigenvalue weighted by Gasteiger charge is 2.25. The van der Waals surface area contributed by atoms with Gasteiger partial charge in [-0.3, -0.25) is 0 Å². The summed E-state index contributed by atoms with van der Waals surface area (Å²) in [4.78, 5) is 15.3. The molecule has 0 bridgehead atoms. The Labute approximate surface area is 132 Å². The first-order valence-corrected chi connectivity index (χ1v) is 7.07. The molecule has 118 valence electrons. The van der Waals surface area contributed by atoms with Crippen molar-refractivity contribution in [2.24, 2.45) is 0 Å². The molecule has 2 aromatic rings. The summed E-state index contributed by atoms with van der Waals surface area (Å²) in [6, 6.07) is 12.7. The molecule has 6 nitrogen and oxygen atoms in total. The number of ether oxygens (including phenoxy) is 3. The molecule has 1 aromatic heterocycles.